The molecule has 0 aliphatic carbocycles. The second kappa shape index (κ2) is 8.17. The van der Waals surface area contributed by atoms with Gasteiger partial charge in [-0.3, -0.25) is 9.69 Å². The molecule has 0 aliphatic heterocycles. The predicted molar refractivity (Wildman–Crippen MR) is 75.8 cm³/mol. The summed E-state index contributed by atoms with van der Waals surface area (Å²) in [6.07, 6.45) is 5.08. The first-order chi connectivity index (χ1) is 9.15. The van der Waals surface area contributed by atoms with Gasteiger partial charge in [0.15, 0.2) is 0 Å². The molecule has 0 bridgehead atoms. The molecule has 0 spiro atoms. The maximum atomic E-state index is 11.5. The number of nitrogens with zero attached hydrogens (tertiary/aromatic N) is 1. The molecular formula is C15H20N2O2. The average molecular weight is 260 g/mol. The summed E-state index contributed by atoms with van der Waals surface area (Å²) in [6, 6.07) is 7.87. The third-order valence-corrected chi connectivity index (χ3v) is 2.49. The van der Waals surface area contributed by atoms with Gasteiger partial charge in [0.25, 0.3) is 0 Å². The highest BCUT2D eigenvalue weighted by Gasteiger charge is 2.06. The van der Waals surface area contributed by atoms with E-state index in [0.717, 1.165) is 11.3 Å². The van der Waals surface area contributed by atoms with Gasteiger partial charge in [0, 0.05) is 6.54 Å². The Balaban J connectivity index is 2.41. The van der Waals surface area contributed by atoms with Crippen molar-refractivity contribution in [3.63, 3.8) is 0 Å². The van der Waals surface area contributed by atoms with Crippen LogP contribution in [0.15, 0.2) is 24.3 Å². The van der Waals surface area contributed by atoms with E-state index in [1.807, 2.05) is 43.1 Å². The number of hydrogen-bond donors (Lipinski definition) is 1. The molecule has 4 nitrogen and oxygen atoms in total. The van der Waals surface area contributed by atoms with Crippen molar-refractivity contribution in [2.24, 2.45) is 0 Å². The summed E-state index contributed by atoms with van der Waals surface area (Å²) in [5, 5.41) is 2.64. The van der Waals surface area contributed by atoms with Crippen molar-refractivity contribution in [1.82, 2.24) is 10.2 Å². The number of carbonyl (C=O) groups excluding carboxylic acids is 1. The molecule has 0 radical (unpaired) electrons. The van der Waals surface area contributed by atoms with E-state index in [2.05, 4.69) is 11.2 Å². The number of ether oxygens (including phenoxy) is 1. The van der Waals surface area contributed by atoms with Crippen LogP contribution in [0, 0.1) is 12.3 Å². The Hall–Kier alpha value is -1.99. The first-order valence-corrected chi connectivity index (χ1v) is 6.26. The molecule has 0 aromatic heterocycles. The fraction of sp³-hybridized carbons (Fsp3) is 0.400. The number of rotatable bonds is 7. The number of terminal acetylenes is 1. The van der Waals surface area contributed by atoms with Gasteiger partial charge in [0.1, 0.15) is 5.75 Å². The minimum absolute atomic E-state index is 0.0635. The molecule has 0 aliphatic rings. The first-order valence-electron chi connectivity index (χ1n) is 6.26. The van der Waals surface area contributed by atoms with Gasteiger partial charge < -0.3 is 10.1 Å². The van der Waals surface area contributed by atoms with Gasteiger partial charge in [-0.15, -0.1) is 6.42 Å². The van der Waals surface area contributed by atoms with E-state index in [-0.39, 0.29) is 12.5 Å². The second-order valence-electron chi connectivity index (χ2n) is 4.23. The van der Waals surface area contributed by atoms with Crippen molar-refractivity contribution in [2.45, 2.75) is 13.5 Å². The van der Waals surface area contributed by atoms with Crippen molar-refractivity contribution in [3.05, 3.63) is 29.8 Å². The van der Waals surface area contributed by atoms with Crippen molar-refractivity contribution in [3.8, 4) is 18.1 Å². The van der Waals surface area contributed by atoms with Gasteiger partial charge in [-0.25, -0.2) is 0 Å². The quantitative estimate of drug-likeness (QED) is 0.751. The molecule has 19 heavy (non-hydrogen) atoms. The number of amides is 1. The minimum atomic E-state index is -0.0635. The molecule has 1 amide bonds. The van der Waals surface area contributed by atoms with Crippen molar-refractivity contribution in [2.75, 3.05) is 26.7 Å². The largest absolute Gasteiger partial charge is 0.494 e. The topological polar surface area (TPSA) is 41.6 Å². The van der Waals surface area contributed by atoms with Gasteiger partial charge >= 0.3 is 0 Å². The van der Waals surface area contributed by atoms with Gasteiger partial charge in [0.2, 0.25) is 5.91 Å². The van der Waals surface area contributed by atoms with Gasteiger partial charge in [-0.05, 0) is 31.7 Å². The molecule has 0 saturated carbocycles. The lowest BCUT2D eigenvalue weighted by atomic mass is 10.2. The molecular weight excluding hydrogens is 240 g/mol. The predicted octanol–water partition coefficient (Wildman–Crippen LogP) is 1.27. The van der Waals surface area contributed by atoms with Crippen LogP contribution < -0.4 is 10.1 Å². The SMILES string of the molecule is C#CCNC(=O)CN(C)Cc1ccc(OCC)cc1. The normalized spacial score (nSPS) is 10.0. The van der Waals surface area contributed by atoms with E-state index < -0.39 is 0 Å². The van der Waals surface area contributed by atoms with Crippen LogP contribution in [0.25, 0.3) is 0 Å². The number of carbonyl (C=O) groups is 1. The first kappa shape index (κ1) is 15.1. The zero-order valence-corrected chi connectivity index (χ0v) is 11.5. The maximum Gasteiger partial charge on any atom is 0.234 e. The molecule has 0 saturated heterocycles. The van der Waals surface area contributed by atoms with Crippen molar-refractivity contribution >= 4 is 5.91 Å². The van der Waals surface area contributed by atoms with E-state index in [4.69, 9.17) is 11.2 Å². The smallest absolute Gasteiger partial charge is 0.234 e. The highest BCUT2D eigenvalue weighted by Crippen LogP contribution is 2.13. The van der Waals surface area contributed by atoms with Crippen molar-refractivity contribution in [1.29, 1.82) is 0 Å². The Morgan fingerprint density at radius 3 is 2.68 bits per heavy atom. The highest BCUT2D eigenvalue weighted by atomic mass is 16.5. The molecule has 4 heteroatoms. The Morgan fingerprint density at radius 2 is 2.11 bits per heavy atom. The number of likely N-dealkylation sites (N-methyl/N-ethyl adjacent to an activating group) is 1. The van der Waals surface area contributed by atoms with E-state index >= 15 is 0 Å². The lowest BCUT2D eigenvalue weighted by Gasteiger charge is -2.16. The zero-order chi connectivity index (χ0) is 14.1. The second-order valence-corrected chi connectivity index (χ2v) is 4.23. The summed E-state index contributed by atoms with van der Waals surface area (Å²) < 4.78 is 5.38. The van der Waals surface area contributed by atoms with Crippen LogP contribution in [0.1, 0.15) is 12.5 Å². The molecule has 1 aromatic rings. The minimum Gasteiger partial charge on any atom is -0.494 e. The van der Waals surface area contributed by atoms with Crippen LogP contribution in [-0.2, 0) is 11.3 Å². The fourth-order valence-electron chi connectivity index (χ4n) is 1.68. The summed E-state index contributed by atoms with van der Waals surface area (Å²) in [5.74, 6) is 3.17. The Morgan fingerprint density at radius 1 is 1.42 bits per heavy atom. The van der Waals surface area contributed by atoms with Crippen molar-refractivity contribution < 1.29 is 9.53 Å². The fourth-order valence-corrected chi connectivity index (χ4v) is 1.68. The summed E-state index contributed by atoms with van der Waals surface area (Å²) in [4.78, 5) is 13.4. The summed E-state index contributed by atoms with van der Waals surface area (Å²) in [5.41, 5.74) is 1.13. The lowest BCUT2D eigenvalue weighted by molar-refractivity contribution is -0.121. The number of hydrogen-bond acceptors (Lipinski definition) is 3. The zero-order valence-electron chi connectivity index (χ0n) is 11.5. The van der Waals surface area contributed by atoms with Gasteiger partial charge in [-0.2, -0.15) is 0 Å². The third-order valence-electron chi connectivity index (χ3n) is 2.49. The van der Waals surface area contributed by atoms with Crippen LogP contribution in [-0.4, -0.2) is 37.6 Å². The lowest BCUT2D eigenvalue weighted by Crippen LogP contribution is -2.34. The van der Waals surface area contributed by atoms with Crippen LogP contribution in [0.3, 0.4) is 0 Å². The monoisotopic (exact) mass is 260 g/mol. The Kier molecular flexibility index (Phi) is 6.48. The van der Waals surface area contributed by atoms with E-state index in [9.17, 15) is 4.79 Å². The maximum absolute atomic E-state index is 11.5. The van der Waals surface area contributed by atoms with Gasteiger partial charge in [-0.1, -0.05) is 18.1 Å². The summed E-state index contributed by atoms with van der Waals surface area (Å²) >= 11 is 0. The molecule has 1 aromatic carbocycles. The molecule has 102 valence electrons. The molecule has 0 fully saturated rings. The van der Waals surface area contributed by atoms with E-state index in [0.29, 0.717) is 19.7 Å². The molecule has 0 atom stereocenters. The molecule has 1 rings (SSSR count). The Labute approximate surface area is 114 Å². The number of nitrogens with one attached hydrogen (secondary N) is 1. The standard InChI is InChI=1S/C15H20N2O2/c1-4-10-16-15(18)12-17(3)11-13-6-8-14(9-7-13)19-5-2/h1,6-9H,5,10-12H2,2-3H3,(H,16,18). The van der Waals surface area contributed by atoms with Crippen LogP contribution in [0.2, 0.25) is 0 Å². The van der Waals surface area contributed by atoms with E-state index in [1.165, 1.54) is 0 Å². The molecule has 0 heterocycles. The third kappa shape index (κ3) is 5.94. The number of benzene rings is 1. The molecule has 0 unspecified atom stereocenters. The Bertz CT molecular complexity index is 434. The molecule has 1 N–H and O–H groups in total. The highest BCUT2D eigenvalue weighted by molar-refractivity contribution is 5.78. The van der Waals surface area contributed by atoms with Crippen LogP contribution in [0.4, 0.5) is 0 Å². The summed E-state index contributed by atoms with van der Waals surface area (Å²) in [6.45, 7) is 3.92. The van der Waals surface area contributed by atoms with Gasteiger partial charge in [0.05, 0.1) is 19.7 Å². The van der Waals surface area contributed by atoms with Crippen LogP contribution >= 0.6 is 0 Å². The van der Waals surface area contributed by atoms with E-state index in [1.54, 1.807) is 0 Å². The van der Waals surface area contributed by atoms with Crippen LogP contribution in [0.5, 0.6) is 5.75 Å². The summed E-state index contributed by atoms with van der Waals surface area (Å²) in [7, 11) is 1.89. The average Bonchev–Trinajstić information content (AvgIpc) is 2.39.